The molecule has 0 aromatic heterocycles. The van der Waals surface area contributed by atoms with Crippen LogP contribution in [0, 0.1) is 0 Å². The lowest BCUT2D eigenvalue weighted by Crippen LogP contribution is -2.37. The van der Waals surface area contributed by atoms with Crippen molar-refractivity contribution in [3.05, 3.63) is 0 Å². The number of nitrogens with one attached hydrogen (secondary N) is 2. The van der Waals surface area contributed by atoms with E-state index >= 15 is 0 Å². The van der Waals surface area contributed by atoms with Crippen molar-refractivity contribution in [1.82, 2.24) is 10.0 Å². The quantitative estimate of drug-likeness (QED) is 0.601. The molecule has 1 atom stereocenters. The molecule has 11 heavy (non-hydrogen) atoms. The Hall–Kier alpha value is -0.130. The van der Waals surface area contributed by atoms with Gasteiger partial charge in [-0.3, -0.25) is 0 Å². The van der Waals surface area contributed by atoms with E-state index in [4.69, 9.17) is 0 Å². The Balaban J connectivity index is 3.71. The van der Waals surface area contributed by atoms with Crippen molar-refractivity contribution in [1.29, 1.82) is 0 Å². The SMILES string of the molecule is CCS(=O)(=O)NCC(C)NC. The summed E-state index contributed by atoms with van der Waals surface area (Å²) < 4.78 is 24.2. The number of rotatable bonds is 5. The van der Waals surface area contributed by atoms with Crippen LogP contribution in [0.15, 0.2) is 0 Å². The number of hydrogen-bond acceptors (Lipinski definition) is 3. The molecule has 2 N–H and O–H groups in total. The van der Waals surface area contributed by atoms with E-state index in [1.807, 2.05) is 6.92 Å². The normalized spacial score (nSPS) is 14.8. The number of hydrogen-bond donors (Lipinski definition) is 2. The Morgan fingerprint density at radius 1 is 1.45 bits per heavy atom. The van der Waals surface area contributed by atoms with Gasteiger partial charge in [-0.25, -0.2) is 13.1 Å². The fraction of sp³-hybridized carbons (Fsp3) is 1.00. The van der Waals surface area contributed by atoms with E-state index in [1.54, 1.807) is 14.0 Å². The van der Waals surface area contributed by atoms with Crippen LogP contribution >= 0.6 is 0 Å². The second-order valence-electron chi connectivity index (χ2n) is 2.44. The molecule has 0 saturated heterocycles. The fourth-order valence-electron chi connectivity index (χ4n) is 0.456. The molecule has 1 unspecified atom stereocenters. The lowest BCUT2D eigenvalue weighted by Gasteiger charge is -2.10. The molecular formula is C6H16N2O2S. The van der Waals surface area contributed by atoms with Crippen LogP contribution in [-0.4, -0.2) is 33.8 Å². The minimum atomic E-state index is -3.01. The Morgan fingerprint density at radius 2 is 2.00 bits per heavy atom. The Labute approximate surface area is 68.4 Å². The van der Waals surface area contributed by atoms with E-state index in [1.165, 1.54) is 0 Å². The van der Waals surface area contributed by atoms with Crippen LogP contribution in [0.3, 0.4) is 0 Å². The van der Waals surface area contributed by atoms with Crippen LogP contribution in [0.4, 0.5) is 0 Å². The van der Waals surface area contributed by atoms with Crippen molar-refractivity contribution in [3.63, 3.8) is 0 Å². The third-order valence-corrected chi connectivity index (χ3v) is 2.85. The summed E-state index contributed by atoms with van der Waals surface area (Å²) in [5.74, 6) is 0.142. The van der Waals surface area contributed by atoms with Crippen LogP contribution in [0.1, 0.15) is 13.8 Å². The molecule has 0 spiro atoms. The van der Waals surface area contributed by atoms with Gasteiger partial charge in [0.25, 0.3) is 0 Å². The molecule has 0 radical (unpaired) electrons. The lowest BCUT2D eigenvalue weighted by molar-refractivity contribution is 0.555. The molecule has 5 heteroatoms. The van der Waals surface area contributed by atoms with E-state index in [-0.39, 0.29) is 11.8 Å². The largest absolute Gasteiger partial charge is 0.316 e. The van der Waals surface area contributed by atoms with Crippen molar-refractivity contribution in [2.45, 2.75) is 19.9 Å². The van der Waals surface area contributed by atoms with E-state index in [0.717, 1.165) is 0 Å². The van der Waals surface area contributed by atoms with Crippen LogP contribution in [0.5, 0.6) is 0 Å². The van der Waals surface area contributed by atoms with Gasteiger partial charge in [0, 0.05) is 12.6 Å². The third kappa shape index (κ3) is 5.17. The smallest absolute Gasteiger partial charge is 0.211 e. The third-order valence-electron chi connectivity index (χ3n) is 1.48. The van der Waals surface area contributed by atoms with E-state index < -0.39 is 10.0 Å². The Bertz CT molecular complexity index is 189. The van der Waals surface area contributed by atoms with Crippen molar-refractivity contribution in [2.24, 2.45) is 0 Å². The first-order valence-corrected chi connectivity index (χ1v) is 5.31. The van der Waals surface area contributed by atoms with Crippen molar-refractivity contribution in [3.8, 4) is 0 Å². The predicted molar refractivity (Wildman–Crippen MR) is 46.0 cm³/mol. The first-order valence-electron chi connectivity index (χ1n) is 3.66. The van der Waals surface area contributed by atoms with Gasteiger partial charge in [0.2, 0.25) is 10.0 Å². The molecule has 0 saturated carbocycles. The van der Waals surface area contributed by atoms with Gasteiger partial charge < -0.3 is 5.32 Å². The monoisotopic (exact) mass is 180 g/mol. The molecule has 0 aliphatic carbocycles. The molecule has 0 bridgehead atoms. The van der Waals surface area contributed by atoms with Gasteiger partial charge in [-0.05, 0) is 20.9 Å². The summed E-state index contributed by atoms with van der Waals surface area (Å²) in [5.41, 5.74) is 0. The van der Waals surface area contributed by atoms with Gasteiger partial charge in [-0.1, -0.05) is 0 Å². The zero-order valence-electron chi connectivity index (χ0n) is 7.22. The topological polar surface area (TPSA) is 58.2 Å². The van der Waals surface area contributed by atoms with Crippen LogP contribution in [0.2, 0.25) is 0 Å². The molecule has 0 aromatic carbocycles. The van der Waals surface area contributed by atoms with Crippen molar-refractivity contribution < 1.29 is 8.42 Å². The highest BCUT2D eigenvalue weighted by Gasteiger charge is 2.06. The van der Waals surface area contributed by atoms with Gasteiger partial charge in [-0.15, -0.1) is 0 Å². The van der Waals surface area contributed by atoms with Gasteiger partial charge in [0.15, 0.2) is 0 Å². The highest BCUT2D eigenvalue weighted by atomic mass is 32.2. The molecule has 0 amide bonds. The molecule has 0 aliphatic heterocycles. The molecule has 0 rings (SSSR count). The summed E-state index contributed by atoms with van der Waals surface area (Å²) in [6.45, 7) is 3.98. The summed E-state index contributed by atoms with van der Waals surface area (Å²) in [5, 5.41) is 2.93. The molecule has 0 aliphatic rings. The van der Waals surface area contributed by atoms with Crippen LogP contribution < -0.4 is 10.0 Å². The van der Waals surface area contributed by atoms with Gasteiger partial charge in [0.05, 0.1) is 5.75 Å². The minimum Gasteiger partial charge on any atom is -0.316 e. The highest BCUT2D eigenvalue weighted by molar-refractivity contribution is 7.89. The molecule has 4 nitrogen and oxygen atoms in total. The van der Waals surface area contributed by atoms with Crippen molar-refractivity contribution in [2.75, 3.05) is 19.3 Å². The van der Waals surface area contributed by atoms with E-state index in [0.29, 0.717) is 6.54 Å². The molecule has 0 fully saturated rings. The maximum absolute atomic E-state index is 10.9. The number of likely N-dealkylation sites (N-methyl/N-ethyl adjacent to an activating group) is 1. The van der Waals surface area contributed by atoms with E-state index in [9.17, 15) is 8.42 Å². The summed E-state index contributed by atoms with van der Waals surface area (Å²) in [4.78, 5) is 0. The average Bonchev–Trinajstić information content (AvgIpc) is 2.00. The second kappa shape index (κ2) is 4.69. The summed E-state index contributed by atoms with van der Waals surface area (Å²) in [6, 6.07) is 0.177. The summed E-state index contributed by atoms with van der Waals surface area (Å²) in [7, 11) is -1.22. The van der Waals surface area contributed by atoms with Crippen LogP contribution in [0.25, 0.3) is 0 Å². The molecule has 0 aromatic rings. The summed E-state index contributed by atoms with van der Waals surface area (Å²) in [6.07, 6.45) is 0. The number of sulfonamides is 1. The maximum atomic E-state index is 10.9. The fourth-order valence-corrected chi connectivity index (χ4v) is 1.16. The van der Waals surface area contributed by atoms with Gasteiger partial charge >= 0.3 is 0 Å². The predicted octanol–water partition coefficient (Wildman–Crippen LogP) is -0.466. The van der Waals surface area contributed by atoms with Crippen LogP contribution in [-0.2, 0) is 10.0 Å². The molecule has 68 valence electrons. The molecular weight excluding hydrogens is 164 g/mol. The zero-order chi connectivity index (χ0) is 8.91. The first kappa shape index (κ1) is 10.9. The standard InChI is InChI=1S/C6H16N2O2S/c1-4-11(9,10)8-5-6(2)7-3/h6-8H,4-5H2,1-3H3. The lowest BCUT2D eigenvalue weighted by atomic mass is 10.4. The molecule has 0 heterocycles. The maximum Gasteiger partial charge on any atom is 0.211 e. The minimum absolute atomic E-state index is 0.142. The average molecular weight is 180 g/mol. The van der Waals surface area contributed by atoms with E-state index in [2.05, 4.69) is 10.0 Å². The Morgan fingerprint density at radius 3 is 2.36 bits per heavy atom. The second-order valence-corrected chi connectivity index (χ2v) is 4.54. The van der Waals surface area contributed by atoms with Gasteiger partial charge in [-0.2, -0.15) is 0 Å². The highest BCUT2D eigenvalue weighted by Crippen LogP contribution is 1.83. The first-order chi connectivity index (χ1) is 5.02. The Kier molecular flexibility index (Phi) is 4.63. The summed E-state index contributed by atoms with van der Waals surface area (Å²) >= 11 is 0. The van der Waals surface area contributed by atoms with Gasteiger partial charge in [0.1, 0.15) is 0 Å². The zero-order valence-corrected chi connectivity index (χ0v) is 8.03. The van der Waals surface area contributed by atoms with Crippen molar-refractivity contribution >= 4 is 10.0 Å².